The lowest BCUT2D eigenvalue weighted by atomic mass is 9.79. The summed E-state index contributed by atoms with van der Waals surface area (Å²) >= 11 is 0. The summed E-state index contributed by atoms with van der Waals surface area (Å²) in [4.78, 5) is 23.7. The van der Waals surface area contributed by atoms with Crippen LogP contribution in [-0.2, 0) is 16.0 Å². The molecule has 3 N–H and O–H groups in total. The van der Waals surface area contributed by atoms with Crippen molar-refractivity contribution >= 4 is 23.1 Å². The number of carboxylic acid groups (broad SMARTS) is 1. The third-order valence-electron chi connectivity index (χ3n) is 3.86. The molecule has 0 bridgehead atoms. The molecule has 3 rings (SSSR count). The van der Waals surface area contributed by atoms with Crippen LogP contribution >= 0.6 is 0 Å². The van der Waals surface area contributed by atoms with Gasteiger partial charge in [-0.3, -0.25) is 4.79 Å². The van der Waals surface area contributed by atoms with Gasteiger partial charge in [-0.25, -0.2) is 4.79 Å². The average molecular weight is 309 g/mol. The summed E-state index contributed by atoms with van der Waals surface area (Å²) in [7, 11) is 0. The quantitative estimate of drug-likeness (QED) is 0.758. The number of carboxylic acids is 1. The number of carbonyl (C=O) groups excluding carboxylic acids is 1. The lowest BCUT2D eigenvalue weighted by molar-refractivity contribution is -0.131. The normalized spacial score (nSPS) is 21.6. The van der Waals surface area contributed by atoms with Gasteiger partial charge >= 0.3 is 5.97 Å². The molecule has 1 amide bonds. The Labute approximate surface area is 132 Å². The molecule has 2 aromatic rings. The Kier molecular flexibility index (Phi) is 3.72. The van der Waals surface area contributed by atoms with Crippen molar-refractivity contribution in [1.29, 1.82) is 0 Å². The summed E-state index contributed by atoms with van der Waals surface area (Å²) in [5.74, 6) is -1.84. The second-order valence-corrected chi connectivity index (χ2v) is 5.42. The molecule has 0 spiro atoms. The predicted molar refractivity (Wildman–Crippen MR) is 85.8 cm³/mol. The molecule has 5 nitrogen and oxygen atoms in total. The average Bonchev–Trinajstić information content (AvgIpc) is 2.53. The van der Waals surface area contributed by atoms with Gasteiger partial charge in [0.05, 0.1) is 0 Å². The fraction of sp³-hybridized carbons (Fsp3) is 0.111. The van der Waals surface area contributed by atoms with Crippen molar-refractivity contribution < 1.29 is 19.8 Å². The zero-order valence-corrected chi connectivity index (χ0v) is 12.2. The van der Waals surface area contributed by atoms with Crippen molar-refractivity contribution in [2.24, 2.45) is 0 Å². The van der Waals surface area contributed by atoms with Gasteiger partial charge in [0.15, 0.2) is 5.60 Å². The molecule has 1 heterocycles. The molecule has 1 unspecified atom stereocenters. The van der Waals surface area contributed by atoms with Crippen molar-refractivity contribution in [3.8, 4) is 0 Å². The molecule has 1 atom stereocenters. The van der Waals surface area contributed by atoms with Crippen LogP contribution in [0.2, 0.25) is 0 Å². The standard InChI is InChI=1S/C18H15NO4/c20-16(21)10-14-13-8-4-5-9-15(13)19-17(22)18(14,23)11-12-6-2-1-3-7-12/h1-10,23H,11H2,(H,19,22)(H,20,21)/b14-10-. The molecule has 1 aliphatic rings. The van der Waals surface area contributed by atoms with Crippen molar-refractivity contribution in [2.45, 2.75) is 12.0 Å². The first-order valence-electron chi connectivity index (χ1n) is 7.13. The highest BCUT2D eigenvalue weighted by Gasteiger charge is 2.45. The number of benzene rings is 2. The second kappa shape index (κ2) is 5.70. The monoisotopic (exact) mass is 309 g/mol. The van der Waals surface area contributed by atoms with Gasteiger partial charge in [-0.2, -0.15) is 0 Å². The van der Waals surface area contributed by atoms with Crippen LogP contribution in [0.15, 0.2) is 60.7 Å². The van der Waals surface area contributed by atoms with Crippen molar-refractivity contribution in [3.05, 3.63) is 71.8 Å². The molecular formula is C18H15NO4. The molecule has 5 heteroatoms. The minimum Gasteiger partial charge on any atom is -0.478 e. The maximum atomic E-state index is 12.5. The van der Waals surface area contributed by atoms with Crippen LogP contribution in [0, 0.1) is 0 Å². The number of fused-ring (bicyclic) bond motifs is 1. The van der Waals surface area contributed by atoms with Crippen LogP contribution in [0.5, 0.6) is 0 Å². The first kappa shape index (κ1) is 15.0. The Hall–Kier alpha value is -2.92. The van der Waals surface area contributed by atoms with Gasteiger partial charge in [0.1, 0.15) is 0 Å². The topological polar surface area (TPSA) is 86.6 Å². The third kappa shape index (κ3) is 2.74. The van der Waals surface area contributed by atoms with Gasteiger partial charge in [0, 0.05) is 29.3 Å². The number of para-hydroxylation sites is 1. The van der Waals surface area contributed by atoms with Gasteiger partial charge in [0.2, 0.25) is 0 Å². The van der Waals surface area contributed by atoms with Crippen LogP contribution in [0.3, 0.4) is 0 Å². The highest BCUT2D eigenvalue weighted by molar-refractivity contribution is 6.15. The Bertz CT molecular complexity index is 798. The molecule has 2 aromatic carbocycles. The van der Waals surface area contributed by atoms with Gasteiger partial charge < -0.3 is 15.5 Å². The van der Waals surface area contributed by atoms with E-state index in [0.29, 0.717) is 11.3 Å². The van der Waals surface area contributed by atoms with Gasteiger partial charge in [0.25, 0.3) is 5.91 Å². The maximum Gasteiger partial charge on any atom is 0.328 e. The summed E-state index contributed by atoms with van der Waals surface area (Å²) in [6, 6.07) is 15.8. The van der Waals surface area contributed by atoms with E-state index >= 15 is 0 Å². The van der Waals surface area contributed by atoms with Crippen LogP contribution in [0.25, 0.3) is 5.57 Å². The Morgan fingerprint density at radius 2 is 1.74 bits per heavy atom. The largest absolute Gasteiger partial charge is 0.478 e. The smallest absolute Gasteiger partial charge is 0.328 e. The molecule has 0 saturated heterocycles. The Morgan fingerprint density at radius 3 is 2.43 bits per heavy atom. The Balaban J connectivity index is 2.14. The maximum absolute atomic E-state index is 12.5. The van der Waals surface area contributed by atoms with Gasteiger partial charge in [-0.05, 0) is 11.6 Å². The summed E-state index contributed by atoms with van der Waals surface area (Å²) in [6.45, 7) is 0. The number of hydrogen-bond donors (Lipinski definition) is 3. The van der Waals surface area contributed by atoms with E-state index in [2.05, 4.69) is 5.32 Å². The fourth-order valence-electron chi connectivity index (χ4n) is 2.79. The number of nitrogens with one attached hydrogen (secondary N) is 1. The van der Waals surface area contributed by atoms with E-state index in [-0.39, 0.29) is 12.0 Å². The van der Waals surface area contributed by atoms with Crippen LogP contribution in [-0.4, -0.2) is 27.7 Å². The number of anilines is 1. The van der Waals surface area contributed by atoms with Crippen LogP contribution < -0.4 is 5.32 Å². The lowest BCUT2D eigenvalue weighted by Gasteiger charge is -2.35. The molecule has 116 valence electrons. The number of rotatable bonds is 3. The summed E-state index contributed by atoms with van der Waals surface area (Å²) < 4.78 is 0. The highest BCUT2D eigenvalue weighted by atomic mass is 16.4. The van der Waals surface area contributed by atoms with E-state index in [1.165, 1.54) is 0 Å². The minimum atomic E-state index is -1.94. The number of amides is 1. The van der Waals surface area contributed by atoms with Crippen molar-refractivity contribution in [2.75, 3.05) is 5.32 Å². The summed E-state index contributed by atoms with van der Waals surface area (Å²) in [6.07, 6.45) is 0.896. The lowest BCUT2D eigenvalue weighted by Crippen LogP contribution is -2.49. The molecule has 23 heavy (non-hydrogen) atoms. The predicted octanol–water partition coefficient (Wildman–Crippen LogP) is 2.08. The number of aliphatic carboxylic acids is 1. The van der Waals surface area contributed by atoms with E-state index in [9.17, 15) is 14.7 Å². The SMILES string of the molecule is O=C(O)/C=C1/c2ccccc2NC(=O)C1(O)Cc1ccccc1. The van der Waals surface area contributed by atoms with Gasteiger partial charge in [-0.1, -0.05) is 48.5 Å². The zero-order chi connectivity index (χ0) is 16.4. The van der Waals surface area contributed by atoms with Crippen molar-refractivity contribution in [3.63, 3.8) is 0 Å². The van der Waals surface area contributed by atoms with Crippen molar-refractivity contribution in [1.82, 2.24) is 0 Å². The highest BCUT2D eigenvalue weighted by Crippen LogP contribution is 2.39. The molecule has 0 saturated carbocycles. The fourth-order valence-corrected chi connectivity index (χ4v) is 2.79. The summed E-state index contributed by atoms with van der Waals surface area (Å²) in [5.41, 5.74) is -0.113. The molecule has 0 fully saturated rings. The molecule has 1 aliphatic heterocycles. The van der Waals surface area contributed by atoms with E-state index < -0.39 is 17.5 Å². The van der Waals surface area contributed by atoms with E-state index in [4.69, 9.17) is 5.11 Å². The molecule has 0 radical (unpaired) electrons. The van der Waals surface area contributed by atoms with Crippen LogP contribution in [0.1, 0.15) is 11.1 Å². The molecular weight excluding hydrogens is 294 g/mol. The van der Waals surface area contributed by atoms with E-state index in [1.807, 2.05) is 6.07 Å². The zero-order valence-electron chi connectivity index (χ0n) is 12.2. The first-order valence-corrected chi connectivity index (χ1v) is 7.13. The van der Waals surface area contributed by atoms with Gasteiger partial charge in [-0.15, -0.1) is 0 Å². The summed E-state index contributed by atoms with van der Waals surface area (Å²) in [5, 5.41) is 22.8. The number of aliphatic hydroxyl groups is 1. The second-order valence-electron chi connectivity index (χ2n) is 5.42. The number of carbonyl (C=O) groups is 2. The minimum absolute atomic E-state index is 0.00682. The first-order chi connectivity index (χ1) is 11.0. The van der Waals surface area contributed by atoms with Crippen LogP contribution in [0.4, 0.5) is 5.69 Å². The Morgan fingerprint density at radius 1 is 1.09 bits per heavy atom. The molecule has 0 aliphatic carbocycles. The molecule has 0 aromatic heterocycles. The number of hydrogen-bond acceptors (Lipinski definition) is 3. The van der Waals surface area contributed by atoms with E-state index in [0.717, 1.165) is 11.6 Å². The third-order valence-corrected chi connectivity index (χ3v) is 3.86. The van der Waals surface area contributed by atoms with E-state index in [1.54, 1.807) is 48.5 Å².